The number of ether oxygens (including phenoxy) is 1. The number of likely N-dealkylation sites (N-methyl/N-ethyl adjacent to an activating group) is 1. The number of hydrogen-bond donors (Lipinski definition) is 0. The first kappa shape index (κ1) is 11.5. The van der Waals surface area contributed by atoms with Gasteiger partial charge < -0.3 is 4.74 Å². The van der Waals surface area contributed by atoms with Crippen molar-refractivity contribution >= 4 is 5.97 Å². The van der Waals surface area contributed by atoms with Gasteiger partial charge in [0.1, 0.15) is 5.76 Å². The molecule has 2 heterocycles. The van der Waals surface area contributed by atoms with Crippen LogP contribution in [0.4, 0.5) is 0 Å². The van der Waals surface area contributed by atoms with Crippen molar-refractivity contribution in [3.8, 4) is 0 Å². The minimum absolute atomic E-state index is 0.245. The maximum Gasteiger partial charge on any atom is 0.343 e. The number of nitrogens with zero attached hydrogens (tertiary/aromatic N) is 1. The molecule has 3 rings (SSSR count). The van der Waals surface area contributed by atoms with Crippen LogP contribution in [0.2, 0.25) is 0 Å². The minimum Gasteiger partial charge on any atom is -0.428 e. The lowest BCUT2D eigenvalue weighted by Gasteiger charge is -2.29. The van der Waals surface area contributed by atoms with E-state index in [1.807, 2.05) is 18.2 Å². The summed E-state index contributed by atoms with van der Waals surface area (Å²) in [6.45, 7) is 0. The normalized spacial score (nSPS) is 26.8. The fraction of sp³-hybridized carbons (Fsp3) is 0.400. The standard InChI is InChI=1S/C15H17NO2/c1-16-12-7-8-13(16)10-14(9-12)18-15(17)11-5-3-2-4-6-11/h2-6,9,12-13H,7-8,10H2,1H3/t12-,13+/m1/s1. The van der Waals surface area contributed by atoms with Crippen molar-refractivity contribution < 1.29 is 9.53 Å². The quantitative estimate of drug-likeness (QED) is 0.748. The zero-order valence-corrected chi connectivity index (χ0v) is 10.5. The van der Waals surface area contributed by atoms with Gasteiger partial charge in [-0.3, -0.25) is 4.90 Å². The largest absolute Gasteiger partial charge is 0.428 e. The summed E-state index contributed by atoms with van der Waals surface area (Å²) in [6.07, 6.45) is 5.33. The van der Waals surface area contributed by atoms with Crippen LogP contribution in [0, 0.1) is 0 Å². The van der Waals surface area contributed by atoms with Crippen molar-refractivity contribution in [3.63, 3.8) is 0 Å². The third kappa shape index (κ3) is 2.06. The lowest BCUT2D eigenvalue weighted by atomic mass is 10.1. The SMILES string of the molecule is CN1[C@H]2CC[C@@H]1C=C(OC(=O)c1ccccc1)C2. The van der Waals surface area contributed by atoms with Crippen LogP contribution in [0.15, 0.2) is 42.2 Å². The molecule has 0 unspecified atom stereocenters. The molecule has 0 radical (unpaired) electrons. The Bertz CT molecular complexity index is 481. The van der Waals surface area contributed by atoms with Crippen molar-refractivity contribution in [1.29, 1.82) is 0 Å². The number of carbonyl (C=O) groups is 1. The van der Waals surface area contributed by atoms with E-state index in [9.17, 15) is 4.79 Å². The minimum atomic E-state index is -0.245. The van der Waals surface area contributed by atoms with E-state index in [4.69, 9.17) is 4.74 Å². The summed E-state index contributed by atoms with van der Waals surface area (Å²) in [5.41, 5.74) is 0.615. The molecule has 2 aliphatic rings. The first-order valence-corrected chi connectivity index (χ1v) is 6.44. The van der Waals surface area contributed by atoms with Crippen LogP contribution >= 0.6 is 0 Å². The Labute approximate surface area is 107 Å². The first-order valence-electron chi connectivity index (χ1n) is 6.44. The molecule has 1 saturated heterocycles. The Kier molecular flexibility index (Phi) is 2.92. The van der Waals surface area contributed by atoms with Gasteiger partial charge in [0, 0.05) is 18.5 Å². The highest BCUT2D eigenvalue weighted by molar-refractivity contribution is 5.90. The first-order chi connectivity index (χ1) is 8.74. The Morgan fingerprint density at radius 3 is 2.78 bits per heavy atom. The van der Waals surface area contributed by atoms with Crippen molar-refractivity contribution in [2.75, 3.05) is 7.05 Å². The van der Waals surface area contributed by atoms with E-state index in [0.29, 0.717) is 17.6 Å². The van der Waals surface area contributed by atoms with Gasteiger partial charge in [-0.05, 0) is 38.1 Å². The van der Waals surface area contributed by atoms with Gasteiger partial charge in [0.25, 0.3) is 0 Å². The van der Waals surface area contributed by atoms with E-state index in [1.54, 1.807) is 12.1 Å². The van der Waals surface area contributed by atoms with Crippen LogP contribution in [0.3, 0.4) is 0 Å². The van der Waals surface area contributed by atoms with Gasteiger partial charge in [0.2, 0.25) is 0 Å². The van der Waals surface area contributed by atoms with Gasteiger partial charge in [0.15, 0.2) is 0 Å². The second kappa shape index (κ2) is 4.58. The van der Waals surface area contributed by atoms with Gasteiger partial charge in [0.05, 0.1) is 5.56 Å². The number of rotatable bonds is 2. The average molecular weight is 243 g/mol. The van der Waals surface area contributed by atoms with E-state index >= 15 is 0 Å². The molecule has 1 fully saturated rings. The second-order valence-corrected chi connectivity index (χ2v) is 5.06. The highest BCUT2D eigenvalue weighted by Gasteiger charge is 2.35. The third-order valence-electron chi connectivity index (χ3n) is 3.94. The lowest BCUT2D eigenvalue weighted by Crippen LogP contribution is -2.35. The van der Waals surface area contributed by atoms with Crippen LogP contribution in [-0.4, -0.2) is 30.0 Å². The fourth-order valence-corrected chi connectivity index (χ4v) is 2.83. The molecule has 2 aliphatic heterocycles. The van der Waals surface area contributed by atoms with E-state index in [1.165, 1.54) is 12.8 Å². The number of benzene rings is 1. The molecular formula is C15H17NO2. The Balaban J connectivity index is 1.71. The van der Waals surface area contributed by atoms with Gasteiger partial charge >= 0.3 is 5.97 Å². The Hall–Kier alpha value is -1.61. The molecule has 0 N–H and O–H groups in total. The molecule has 0 aromatic heterocycles. The lowest BCUT2D eigenvalue weighted by molar-refractivity contribution is 0.0584. The van der Waals surface area contributed by atoms with Crippen molar-refractivity contribution in [2.24, 2.45) is 0 Å². The summed E-state index contributed by atoms with van der Waals surface area (Å²) in [4.78, 5) is 14.3. The van der Waals surface area contributed by atoms with Crippen LogP contribution in [0.1, 0.15) is 29.6 Å². The molecule has 3 heteroatoms. The van der Waals surface area contributed by atoms with E-state index in [-0.39, 0.29) is 5.97 Å². The molecule has 18 heavy (non-hydrogen) atoms. The van der Waals surface area contributed by atoms with E-state index in [2.05, 4.69) is 18.0 Å². The average Bonchev–Trinajstić information content (AvgIpc) is 2.63. The Morgan fingerprint density at radius 2 is 2.06 bits per heavy atom. The number of esters is 1. The van der Waals surface area contributed by atoms with Crippen LogP contribution < -0.4 is 0 Å². The second-order valence-electron chi connectivity index (χ2n) is 5.06. The molecular weight excluding hydrogens is 226 g/mol. The van der Waals surface area contributed by atoms with E-state index in [0.717, 1.165) is 12.2 Å². The van der Waals surface area contributed by atoms with Crippen LogP contribution in [0.5, 0.6) is 0 Å². The molecule has 0 saturated carbocycles. The molecule has 1 aromatic rings. The van der Waals surface area contributed by atoms with Crippen LogP contribution in [-0.2, 0) is 4.74 Å². The van der Waals surface area contributed by atoms with E-state index < -0.39 is 0 Å². The van der Waals surface area contributed by atoms with Crippen molar-refractivity contribution in [3.05, 3.63) is 47.7 Å². The van der Waals surface area contributed by atoms with Gasteiger partial charge in [-0.2, -0.15) is 0 Å². The zero-order chi connectivity index (χ0) is 12.5. The highest BCUT2D eigenvalue weighted by Crippen LogP contribution is 2.33. The Morgan fingerprint density at radius 1 is 1.28 bits per heavy atom. The molecule has 3 nitrogen and oxygen atoms in total. The number of fused-ring (bicyclic) bond motifs is 2. The zero-order valence-electron chi connectivity index (χ0n) is 10.5. The summed E-state index contributed by atoms with van der Waals surface area (Å²) in [7, 11) is 2.15. The molecule has 2 atom stereocenters. The predicted octanol–water partition coefficient (Wildman–Crippen LogP) is 2.59. The van der Waals surface area contributed by atoms with Crippen molar-refractivity contribution in [2.45, 2.75) is 31.3 Å². The maximum atomic E-state index is 12.0. The monoisotopic (exact) mass is 243 g/mol. The third-order valence-corrected chi connectivity index (χ3v) is 3.94. The predicted molar refractivity (Wildman–Crippen MR) is 69.1 cm³/mol. The number of hydrogen-bond acceptors (Lipinski definition) is 3. The molecule has 2 bridgehead atoms. The van der Waals surface area contributed by atoms with Gasteiger partial charge in [-0.25, -0.2) is 4.79 Å². The number of carbonyl (C=O) groups excluding carboxylic acids is 1. The maximum absolute atomic E-state index is 12.0. The fourth-order valence-electron chi connectivity index (χ4n) is 2.83. The molecule has 0 spiro atoms. The molecule has 1 aromatic carbocycles. The summed E-state index contributed by atoms with van der Waals surface area (Å²) in [6, 6.07) is 10.2. The summed E-state index contributed by atoms with van der Waals surface area (Å²) in [5.74, 6) is 0.597. The van der Waals surface area contributed by atoms with Crippen LogP contribution in [0.25, 0.3) is 0 Å². The van der Waals surface area contributed by atoms with Crippen molar-refractivity contribution in [1.82, 2.24) is 4.90 Å². The summed E-state index contributed by atoms with van der Waals surface area (Å²) in [5, 5.41) is 0. The smallest absolute Gasteiger partial charge is 0.343 e. The molecule has 94 valence electrons. The van der Waals surface area contributed by atoms with Gasteiger partial charge in [-0.15, -0.1) is 0 Å². The van der Waals surface area contributed by atoms with Gasteiger partial charge in [-0.1, -0.05) is 18.2 Å². The highest BCUT2D eigenvalue weighted by atomic mass is 16.5. The summed E-state index contributed by atoms with van der Waals surface area (Å²) < 4.78 is 5.50. The molecule has 0 aliphatic carbocycles. The topological polar surface area (TPSA) is 29.5 Å². The molecule has 0 amide bonds. The summed E-state index contributed by atoms with van der Waals surface area (Å²) >= 11 is 0.